The van der Waals surface area contributed by atoms with Crippen molar-refractivity contribution >= 4 is 22.3 Å². The molecule has 0 atom stereocenters. The van der Waals surface area contributed by atoms with Crippen LogP contribution >= 0.6 is 0 Å². The molecule has 1 saturated heterocycles. The lowest BCUT2D eigenvalue weighted by Crippen LogP contribution is -2.18. The molecule has 0 saturated carbocycles. The number of hydrogen-bond donors (Lipinski definition) is 4. The molecule has 6 nitrogen and oxygen atoms in total. The molecule has 6 heteroatoms. The maximum absolute atomic E-state index is 9.94. The minimum atomic E-state index is 0.120. The summed E-state index contributed by atoms with van der Waals surface area (Å²) in [5.41, 5.74) is 8.74. The maximum atomic E-state index is 9.94. The van der Waals surface area contributed by atoms with E-state index in [-0.39, 0.29) is 5.88 Å². The Morgan fingerprint density at radius 1 is 1.23 bits per heavy atom. The van der Waals surface area contributed by atoms with E-state index in [0.717, 1.165) is 16.6 Å². The minimum Gasteiger partial charge on any atom is -0.494 e. The van der Waals surface area contributed by atoms with Crippen molar-refractivity contribution in [1.82, 2.24) is 10.3 Å². The number of hydrogen-bond acceptors (Lipinski definition) is 5. The van der Waals surface area contributed by atoms with Crippen molar-refractivity contribution in [3.63, 3.8) is 0 Å². The zero-order chi connectivity index (χ0) is 15.4. The zero-order valence-corrected chi connectivity index (χ0v) is 12.6. The van der Waals surface area contributed by atoms with Gasteiger partial charge in [-0.15, -0.1) is 0 Å². The molecule has 3 heterocycles. The summed E-state index contributed by atoms with van der Waals surface area (Å²) in [6.45, 7) is 4.19. The van der Waals surface area contributed by atoms with E-state index in [0.29, 0.717) is 31.0 Å². The van der Waals surface area contributed by atoms with Crippen LogP contribution in [0.2, 0.25) is 0 Å². The van der Waals surface area contributed by atoms with Crippen LogP contribution in [0.15, 0.2) is 23.2 Å². The number of aromatic nitrogens is 1. The van der Waals surface area contributed by atoms with Crippen LogP contribution in [0.4, 0.5) is 5.69 Å². The second-order valence-corrected chi connectivity index (χ2v) is 5.49. The SMILES string of the molecule is C1CCNC1.Nc1ccc2[nH]c(O)c(C3=NCCOC3)c2c1. The Morgan fingerprint density at radius 3 is 2.68 bits per heavy atom. The van der Waals surface area contributed by atoms with Crippen molar-refractivity contribution in [2.45, 2.75) is 12.8 Å². The molecule has 118 valence electrons. The fraction of sp³-hybridized carbons (Fsp3) is 0.438. The Morgan fingerprint density at radius 2 is 2.05 bits per heavy atom. The number of anilines is 1. The molecular formula is C16H22N4O2. The van der Waals surface area contributed by atoms with E-state index in [1.54, 1.807) is 6.07 Å². The fourth-order valence-corrected chi connectivity index (χ4v) is 2.72. The number of aliphatic imine (C=N–C) groups is 1. The number of nitrogens with one attached hydrogen (secondary N) is 2. The third kappa shape index (κ3) is 3.23. The quantitative estimate of drug-likeness (QED) is 0.602. The summed E-state index contributed by atoms with van der Waals surface area (Å²) in [5, 5.41) is 14.0. The minimum absolute atomic E-state index is 0.120. The van der Waals surface area contributed by atoms with Gasteiger partial charge < -0.3 is 25.9 Å². The number of nitrogen functional groups attached to an aromatic ring is 1. The predicted octanol–water partition coefficient (Wildman–Crippen LogP) is 1.64. The van der Waals surface area contributed by atoms with Crippen molar-refractivity contribution < 1.29 is 9.84 Å². The van der Waals surface area contributed by atoms with Crippen molar-refractivity contribution in [2.24, 2.45) is 4.99 Å². The molecule has 2 aliphatic rings. The van der Waals surface area contributed by atoms with E-state index in [1.807, 2.05) is 12.1 Å². The van der Waals surface area contributed by atoms with E-state index >= 15 is 0 Å². The van der Waals surface area contributed by atoms with Gasteiger partial charge in [0.1, 0.15) is 0 Å². The van der Waals surface area contributed by atoms with E-state index < -0.39 is 0 Å². The molecule has 0 aliphatic carbocycles. The van der Waals surface area contributed by atoms with Gasteiger partial charge in [-0.1, -0.05) is 0 Å². The summed E-state index contributed by atoms with van der Waals surface area (Å²) in [7, 11) is 0. The summed E-state index contributed by atoms with van der Waals surface area (Å²) >= 11 is 0. The van der Waals surface area contributed by atoms with Crippen LogP contribution in [-0.2, 0) is 4.74 Å². The number of ether oxygens (including phenoxy) is 1. The Kier molecular flexibility index (Phi) is 4.60. The lowest BCUT2D eigenvalue weighted by molar-refractivity contribution is 0.171. The first-order valence-electron chi connectivity index (χ1n) is 7.68. The summed E-state index contributed by atoms with van der Waals surface area (Å²) in [5.74, 6) is 0.120. The van der Waals surface area contributed by atoms with Gasteiger partial charge >= 0.3 is 0 Å². The van der Waals surface area contributed by atoms with E-state index in [9.17, 15) is 5.11 Å². The molecule has 0 bridgehead atoms. The third-order valence-corrected chi connectivity index (χ3v) is 3.83. The average molecular weight is 302 g/mol. The number of rotatable bonds is 1. The van der Waals surface area contributed by atoms with E-state index in [4.69, 9.17) is 10.5 Å². The molecule has 1 aromatic heterocycles. The molecule has 5 N–H and O–H groups in total. The molecule has 1 fully saturated rings. The van der Waals surface area contributed by atoms with Gasteiger partial charge in [0.05, 0.1) is 31.0 Å². The topological polar surface area (TPSA) is 95.7 Å². The lowest BCUT2D eigenvalue weighted by atomic mass is 10.1. The Labute approximate surface area is 129 Å². The molecule has 0 amide bonds. The number of nitrogens with zero attached hydrogens (tertiary/aromatic N) is 1. The fourth-order valence-electron chi connectivity index (χ4n) is 2.72. The molecule has 4 rings (SSSR count). The number of aromatic hydroxyl groups is 1. The van der Waals surface area contributed by atoms with Gasteiger partial charge in [-0.05, 0) is 44.1 Å². The van der Waals surface area contributed by atoms with Gasteiger partial charge in [0.2, 0.25) is 0 Å². The number of nitrogens with two attached hydrogens (primary N) is 1. The van der Waals surface area contributed by atoms with Crippen molar-refractivity contribution in [3.05, 3.63) is 23.8 Å². The summed E-state index contributed by atoms with van der Waals surface area (Å²) < 4.78 is 5.35. The first-order valence-corrected chi connectivity index (χ1v) is 7.68. The summed E-state index contributed by atoms with van der Waals surface area (Å²) in [4.78, 5) is 7.30. The Bertz CT molecular complexity index is 666. The molecule has 0 radical (unpaired) electrons. The van der Waals surface area contributed by atoms with Crippen LogP contribution in [0.3, 0.4) is 0 Å². The summed E-state index contributed by atoms with van der Waals surface area (Å²) in [6, 6.07) is 5.47. The van der Waals surface area contributed by atoms with Gasteiger partial charge in [0, 0.05) is 16.6 Å². The average Bonchev–Trinajstić information content (AvgIpc) is 3.19. The van der Waals surface area contributed by atoms with Crippen molar-refractivity contribution in [1.29, 1.82) is 0 Å². The van der Waals surface area contributed by atoms with Crippen LogP contribution in [0.25, 0.3) is 10.9 Å². The highest BCUT2D eigenvalue weighted by atomic mass is 16.5. The normalized spacial score (nSPS) is 17.9. The largest absolute Gasteiger partial charge is 0.494 e. The molecule has 1 aromatic carbocycles. The Hall–Kier alpha value is -2.05. The molecule has 2 aromatic rings. The van der Waals surface area contributed by atoms with Gasteiger partial charge in [-0.25, -0.2) is 0 Å². The maximum Gasteiger partial charge on any atom is 0.198 e. The zero-order valence-electron chi connectivity index (χ0n) is 12.6. The van der Waals surface area contributed by atoms with E-state index in [1.165, 1.54) is 25.9 Å². The second-order valence-electron chi connectivity index (χ2n) is 5.49. The molecule has 0 unspecified atom stereocenters. The van der Waals surface area contributed by atoms with Crippen molar-refractivity contribution in [3.8, 4) is 5.88 Å². The van der Waals surface area contributed by atoms with Crippen LogP contribution in [-0.4, -0.2) is 48.7 Å². The van der Waals surface area contributed by atoms with E-state index in [2.05, 4.69) is 15.3 Å². The predicted molar refractivity (Wildman–Crippen MR) is 88.7 cm³/mol. The highest BCUT2D eigenvalue weighted by Gasteiger charge is 2.18. The van der Waals surface area contributed by atoms with Crippen molar-refractivity contribution in [2.75, 3.05) is 38.6 Å². The van der Waals surface area contributed by atoms with Gasteiger partial charge in [-0.2, -0.15) is 0 Å². The smallest absolute Gasteiger partial charge is 0.198 e. The van der Waals surface area contributed by atoms with Crippen LogP contribution in [0, 0.1) is 0 Å². The standard InChI is InChI=1S/C12H13N3O2.C4H9N/c13-7-1-2-9-8(5-7)11(12(16)15-9)10-6-17-4-3-14-10;1-2-4-5-3-1/h1-2,5,15-16H,3-4,6,13H2;5H,1-4H2. The first-order chi connectivity index (χ1) is 10.8. The lowest BCUT2D eigenvalue weighted by Gasteiger charge is -2.12. The highest BCUT2D eigenvalue weighted by molar-refractivity contribution is 6.14. The van der Waals surface area contributed by atoms with Gasteiger partial charge in [-0.3, -0.25) is 4.99 Å². The number of H-pyrrole nitrogens is 1. The molecular weight excluding hydrogens is 280 g/mol. The monoisotopic (exact) mass is 302 g/mol. The number of benzene rings is 1. The third-order valence-electron chi connectivity index (χ3n) is 3.83. The molecule has 0 spiro atoms. The van der Waals surface area contributed by atoms with Crippen LogP contribution < -0.4 is 11.1 Å². The first kappa shape index (κ1) is 14.9. The van der Waals surface area contributed by atoms with Gasteiger partial charge in [0.15, 0.2) is 5.88 Å². The molecule has 22 heavy (non-hydrogen) atoms. The van der Waals surface area contributed by atoms with Crippen LogP contribution in [0.1, 0.15) is 18.4 Å². The highest BCUT2D eigenvalue weighted by Crippen LogP contribution is 2.29. The van der Waals surface area contributed by atoms with Crippen LogP contribution in [0.5, 0.6) is 5.88 Å². The molecule has 2 aliphatic heterocycles. The summed E-state index contributed by atoms with van der Waals surface area (Å²) in [6.07, 6.45) is 2.78. The number of fused-ring (bicyclic) bond motifs is 1. The number of aromatic amines is 1. The second kappa shape index (κ2) is 6.81. The van der Waals surface area contributed by atoms with Gasteiger partial charge in [0.25, 0.3) is 0 Å². The Balaban J connectivity index is 0.000000246.